The minimum atomic E-state index is -5.42. The van der Waals surface area contributed by atoms with Crippen LogP contribution < -0.4 is 0 Å². The van der Waals surface area contributed by atoms with Gasteiger partial charge in [0.1, 0.15) is 10.5 Å². The van der Waals surface area contributed by atoms with Crippen LogP contribution >= 0.6 is 0 Å². The van der Waals surface area contributed by atoms with E-state index in [9.17, 15) is 22.0 Å². The maximum Gasteiger partial charge on any atom is 0.453 e. The van der Waals surface area contributed by atoms with Crippen molar-refractivity contribution >= 4 is 10.5 Å². The van der Waals surface area contributed by atoms with Gasteiger partial charge >= 0.3 is 12.1 Å². The summed E-state index contributed by atoms with van der Waals surface area (Å²) in [7, 11) is 0.476. The average Bonchev–Trinajstić information content (AvgIpc) is 1.96. The molecule has 0 bridgehead atoms. The van der Waals surface area contributed by atoms with E-state index in [1.54, 1.807) is 0 Å². The van der Waals surface area contributed by atoms with Crippen molar-refractivity contribution in [3.05, 3.63) is 0 Å². The minimum Gasteiger partial charge on any atom is -0.428 e. The van der Waals surface area contributed by atoms with E-state index in [0.29, 0.717) is 10.5 Å². The van der Waals surface area contributed by atoms with Crippen molar-refractivity contribution in [1.82, 2.24) is 0 Å². The van der Waals surface area contributed by atoms with Gasteiger partial charge in [-0.1, -0.05) is 0 Å². The summed E-state index contributed by atoms with van der Waals surface area (Å²) in [6.07, 6.45) is -6.50. The fraction of sp³-hybridized carbons (Fsp3) is 1.00. The van der Waals surface area contributed by atoms with Gasteiger partial charge in [0.25, 0.3) is 0 Å². The van der Waals surface area contributed by atoms with Crippen LogP contribution in [-0.4, -0.2) is 29.2 Å². The van der Waals surface area contributed by atoms with Crippen molar-refractivity contribution in [3.63, 3.8) is 0 Å². The minimum absolute atomic E-state index is 0.172. The van der Waals surface area contributed by atoms with Crippen LogP contribution in [0, 0.1) is 0 Å². The average molecular weight is 222 g/mol. The molecule has 0 aromatic carbocycles. The molecule has 0 saturated heterocycles. The lowest BCUT2D eigenvalue weighted by molar-refractivity contribution is -0.284. The molecule has 0 aliphatic rings. The molecule has 0 aliphatic carbocycles. The highest BCUT2D eigenvalue weighted by atomic mass is 28.2. The molecule has 0 atom stereocenters. The van der Waals surface area contributed by atoms with Crippen LogP contribution in [0.4, 0.5) is 22.0 Å². The van der Waals surface area contributed by atoms with Crippen LogP contribution in [0.25, 0.3) is 0 Å². The van der Waals surface area contributed by atoms with Gasteiger partial charge in [-0.15, -0.1) is 0 Å². The number of hydrogen-bond donors (Lipinski definition) is 0. The molecular weight excluding hydrogens is 211 g/mol. The highest BCUT2D eigenvalue weighted by Gasteiger charge is 2.56. The molecule has 0 aromatic rings. The lowest BCUT2D eigenvalue weighted by Crippen LogP contribution is -2.36. The van der Waals surface area contributed by atoms with E-state index in [1.807, 2.05) is 0 Å². The zero-order chi connectivity index (χ0) is 10.5. The molecule has 1 nitrogen and oxygen atoms in total. The Labute approximate surface area is 75.8 Å². The molecule has 0 aliphatic heterocycles. The Morgan fingerprint density at radius 2 is 1.54 bits per heavy atom. The smallest absolute Gasteiger partial charge is 0.428 e. The molecule has 0 rings (SSSR count). The van der Waals surface area contributed by atoms with Crippen molar-refractivity contribution < 1.29 is 26.4 Å². The third-order valence-electron chi connectivity index (χ3n) is 1.50. The van der Waals surface area contributed by atoms with Crippen molar-refractivity contribution in [1.29, 1.82) is 0 Å². The topological polar surface area (TPSA) is 9.23 Å². The number of rotatable bonds is 5. The van der Waals surface area contributed by atoms with E-state index in [-0.39, 0.29) is 19.4 Å². The van der Waals surface area contributed by atoms with Crippen molar-refractivity contribution in [2.24, 2.45) is 0 Å². The third kappa shape index (κ3) is 4.56. The Bertz CT molecular complexity index is 146. The predicted octanol–water partition coefficient (Wildman–Crippen LogP) is 1.65. The second-order valence-electron chi connectivity index (χ2n) is 2.65. The number of alkyl halides is 5. The van der Waals surface area contributed by atoms with Crippen LogP contribution in [-0.2, 0) is 4.43 Å². The summed E-state index contributed by atoms with van der Waals surface area (Å²) < 4.78 is 63.8. The lowest BCUT2D eigenvalue weighted by Gasteiger charge is -2.18. The highest BCUT2D eigenvalue weighted by molar-refractivity contribution is 5.97. The van der Waals surface area contributed by atoms with E-state index in [2.05, 4.69) is 4.43 Å². The summed E-state index contributed by atoms with van der Waals surface area (Å²) in [4.78, 5) is 0. The maximum absolute atomic E-state index is 12.2. The highest BCUT2D eigenvalue weighted by Crippen LogP contribution is 2.38. The van der Waals surface area contributed by atoms with Crippen LogP contribution in [0.15, 0.2) is 0 Å². The van der Waals surface area contributed by atoms with Gasteiger partial charge in [-0.2, -0.15) is 22.0 Å². The van der Waals surface area contributed by atoms with Crippen LogP contribution in [0.2, 0.25) is 0 Å². The van der Waals surface area contributed by atoms with Crippen LogP contribution in [0.3, 0.4) is 0 Å². The largest absolute Gasteiger partial charge is 0.453 e. The molecule has 0 unspecified atom stereocenters. The van der Waals surface area contributed by atoms with E-state index in [1.165, 1.54) is 0 Å². The molecule has 0 radical (unpaired) electrons. The molecular formula is C6H11F5OSi. The summed E-state index contributed by atoms with van der Waals surface area (Å²) in [5.41, 5.74) is 0. The van der Waals surface area contributed by atoms with Gasteiger partial charge in [-0.05, 0) is 12.8 Å². The summed E-state index contributed by atoms with van der Waals surface area (Å²) >= 11 is 0. The number of hydrogen-bond acceptors (Lipinski definition) is 1. The third-order valence-corrected chi connectivity index (χ3v) is 1.91. The molecule has 0 N–H and O–H groups in total. The molecule has 0 heterocycles. The molecule has 0 saturated carbocycles. The first-order valence-corrected chi connectivity index (χ1v) is 4.56. The van der Waals surface area contributed by atoms with E-state index < -0.39 is 18.5 Å². The molecule has 0 fully saturated rings. The van der Waals surface area contributed by atoms with Gasteiger partial charge in [0.15, 0.2) is 0 Å². The van der Waals surface area contributed by atoms with Gasteiger partial charge in [-0.3, -0.25) is 0 Å². The quantitative estimate of drug-likeness (QED) is 0.390. The standard InChI is InChI=1S/C6H11F5OSi/c7-5(8,6(9,10)11)3-1-2-4-12-13/h1-4H2,13H3. The van der Waals surface area contributed by atoms with Gasteiger partial charge in [0.2, 0.25) is 0 Å². The lowest BCUT2D eigenvalue weighted by atomic mass is 10.1. The van der Waals surface area contributed by atoms with Crippen LogP contribution in [0.1, 0.15) is 19.3 Å². The SMILES string of the molecule is FC(F)(F)C(F)(F)CCCCO[SiH3]. The number of halogens is 5. The second kappa shape index (κ2) is 4.90. The molecule has 13 heavy (non-hydrogen) atoms. The monoisotopic (exact) mass is 222 g/mol. The molecule has 0 aromatic heterocycles. The number of unbranched alkanes of at least 4 members (excludes halogenated alkanes) is 1. The summed E-state index contributed by atoms with van der Waals surface area (Å²) in [6.45, 7) is 0.264. The van der Waals surface area contributed by atoms with Crippen molar-refractivity contribution in [2.45, 2.75) is 31.4 Å². The van der Waals surface area contributed by atoms with Crippen molar-refractivity contribution in [2.75, 3.05) is 6.61 Å². The predicted molar refractivity (Wildman–Crippen MR) is 40.7 cm³/mol. The van der Waals surface area contributed by atoms with Crippen molar-refractivity contribution in [3.8, 4) is 0 Å². The molecule has 0 spiro atoms. The van der Waals surface area contributed by atoms with Gasteiger partial charge < -0.3 is 4.43 Å². The Hall–Kier alpha value is -0.173. The van der Waals surface area contributed by atoms with Gasteiger partial charge in [0.05, 0.1) is 0 Å². The summed E-state index contributed by atoms with van der Waals surface area (Å²) in [5, 5.41) is 0. The fourth-order valence-corrected chi connectivity index (χ4v) is 1.02. The first-order chi connectivity index (χ1) is 5.81. The first kappa shape index (κ1) is 12.8. The Balaban J connectivity index is 3.77. The molecule has 0 amide bonds. The molecule has 7 heteroatoms. The zero-order valence-corrected chi connectivity index (χ0v) is 9.13. The normalized spacial score (nSPS) is 13.6. The Morgan fingerprint density at radius 1 is 1.00 bits per heavy atom. The van der Waals surface area contributed by atoms with E-state index in [0.717, 1.165) is 0 Å². The maximum atomic E-state index is 12.2. The molecule has 80 valence electrons. The second-order valence-corrected chi connectivity index (χ2v) is 3.23. The van der Waals surface area contributed by atoms with E-state index >= 15 is 0 Å². The first-order valence-electron chi connectivity index (χ1n) is 3.75. The zero-order valence-electron chi connectivity index (χ0n) is 7.13. The summed E-state index contributed by atoms with van der Waals surface area (Å²) in [5.74, 6) is -4.56. The Kier molecular flexibility index (Phi) is 4.83. The summed E-state index contributed by atoms with van der Waals surface area (Å²) in [6, 6.07) is 0. The van der Waals surface area contributed by atoms with Gasteiger partial charge in [-0.25, -0.2) is 0 Å². The Morgan fingerprint density at radius 3 is 1.92 bits per heavy atom. The fourth-order valence-electron chi connectivity index (χ4n) is 0.735. The van der Waals surface area contributed by atoms with Crippen LogP contribution in [0.5, 0.6) is 0 Å². The van der Waals surface area contributed by atoms with Gasteiger partial charge in [0, 0.05) is 13.0 Å². The van der Waals surface area contributed by atoms with E-state index in [4.69, 9.17) is 0 Å².